The number of benzene rings is 2. The summed E-state index contributed by atoms with van der Waals surface area (Å²) in [6.45, 7) is 4.69. The molecule has 2 aromatic rings. The Bertz CT molecular complexity index is 1930. The van der Waals surface area contributed by atoms with E-state index in [1.165, 1.54) is 36.6 Å². The Morgan fingerprint density at radius 2 is 1.53 bits per heavy atom. The molecule has 20 heteroatoms. The van der Waals surface area contributed by atoms with Crippen molar-refractivity contribution in [3.05, 3.63) is 84.1 Å². The average Bonchev–Trinajstić information content (AvgIpc) is 3.23. The maximum absolute atomic E-state index is 14.0. The van der Waals surface area contributed by atoms with E-state index in [1.807, 2.05) is 0 Å². The summed E-state index contributed by atoms with van der Waals surface area (Å²) in [6.07, 6.45) is -15.2. The van der Waals surface area contributed by atoms with Crippen LogP contribution in [0, 0.1) is 11.8 Å². The molecule has 13 atom stereocenters. The highest BCUT2D eigenvalue weighted by molar-refractivity contribution is 5.93. The van der Waals surface area contributed by atoms with E-state index >= 15 is 0 Å². The standard InChI is InChI=1S/C40H44O20/c1-4-21-22-13-14-51-36(49)24(22)16-53-38(21)60-40-34(59-35(48)20-9-6-5-7-10-20)33(54-19(3)43)32(27(57-40)17-52-18(2)42)58-37(50)23-11-8-12-25(28(23)44)55-39-31(47)30(46)29(45)26(15-41)56-39/h4-12,16,21-22,26-27,29-34,38-41,44-47H,1,13-15,17H2,2-3H3/t21-,22+,26-,27+,29-,30+,31-,32-,33+,34+,38+,39-,40+/m1/s1. The summed E-state index contributed by atoms with van der Waals surface area (Å²) < 4.78 is 57.1. The predicted octanol–water partition coefficient (Wildman–Crippen LogP) is 0.164. The molecular formula is C40H44O20. The molecule has 0 spiro atoms. The number of phenols is 1. The normalized spacial score (nSPS) is 32.4. The van der Waals surface area contributed by atoms with Crippen molar-refractivity contribution in [2.45, 2.75) is 88.0 Å². The van der Waals surface area contributed by atoms with Gasteiger partial charge in [0.2, 0.25) is 18.9 Å². The van der Waals surface area contributed by atoms with Gasteiger partial charge in [-0.2, -0.15) is 0 Å². The topological polar surface area (TPSA) is 279 Å². The maximum Gasteiger partial charge on any atom is 0.342 e. The summed E-state index contributed by atoms with van der Waals surface area (Å²) in [6, 6.07) is 11.2. The van der Waals surface area contributed by atoms with Crippen molar-refractivity contribution in [2.24, 2.45) is 11.8 Å². The monoisotopic (exact) mass is 844 g/mol. The minimum atomic E-state index is -1.87. The number of carbonyl (C=O) groups is 5. The minimum Gasteiger partial charge on any atom is -0.504 e. The fraction of sp³-hybridized carbons (Fsp3) is 0.475. The second-order valence-electron chi connectivity index (χ2n) is 14.1. The molecule has 324 valence electrons. The fourth-order valence-corrected chi connectivity index (χ4v) is 7.10. The summed E-state index contributed by atoms with van der Waals surface area (Å²) >= 11 is 0. The lowest BCUT2D eigenvalue weighted by Crippen LogP contribution is -2.64. The lowest BCUT2D eigenvalue weighted by molar-refractivity contribution is -0.338. The molecule has 0 bridgehead atoms. The number of cyclic esters (lactones) is 1. The third kappa shape index (κ3) is 9.55. The van der Waals surface area contributed by atoms with Gasteiger partial charge in [-0.1, -0.05) is 30.3 Å². The molecule has 0 unspecified atom stereocenters. The smallest absolute Gasteiger partial charge is 0.342 e. The van der Waals surface area contributed by atoms with Gasteiger partial charge in [-0.15, -0.1) is 6.58 Å². The Balaban J connectivity index is 1.34. The number of para-hydroxylation sites is 1. The molecule has 0 amide bonds. The van der Waals surface area contributed by atoms with Crippen LogP contribution >= 0.6 is 0 Å². The average molecular weight is 845 g/mol. The molecule has 0 saturated carbocycles. The van der Waals surface area contributed by atoms with Gasteiger partial charge in [0.1, 0.15) is 42.7 Å². The van der Waals surface area contributed by atoms with Crippen LogP contribution in [0.25, 0.3) is 0 Å². The van der Waals surface area contributed by atoms with E-state index in [9.17, 15) is 49.5 Å². The van der Waals surface area contributed by atoms with Crippen LogP contribution < -0.4 is 4.74 Å². The van der Waals surface area contributed by atoms with E-state index in [2.05, 4.69) is 6.58 Å². The van der Waals surface area contributed by atoms with Gasteiger partial charge in [0.05, 0.1) is 30.6 Å². The maximum atomic E-state index is 14.0. The van der Waals surface area contributed by atoms with E-state index < -0.39 is 140 Å². The zero-order valence-corrected chi connectivity index (χ0v) is 32.2. The summed E-state index contributed by atoms with van der Waals surface area (Å²) in [5.41, 5.74) is -0.272. The highest BCUT2D eigenvalue weighted by Crippen LogP contribution is 2.40. The number of hydrogen-bond acceptors (Lipinski definition) is 20. The minimum absolute atomic E-state index is 0.0562. The Kier molecular flexibility index (Phi) is 14.1. The molecule has 3 saturated heterocycles. The molecule has 0 radical (unpaired) electrons. The van der Waals surface area contributed by atoms with Crippen LogP contribution in [0.3, 0.4) is 0 Å². The van der Waals surface area contributed by atoms with Gasteiger partial charge in [-0.25, -0.2) is 14.4 Å². The Morgan fingerprint density at radius 3 is 2.22 bits per heavy atom. The number of carbonyl (C=O) groups excluding carboxylic acids is 5. The number of hydrogen-bond donors (Lipinski definition) is 5. The van der Waals surface area contributed by atoms with E-state index in [-0.39, 0.29) is 17.7 Å². The van der Waals surface area contributed by atoms with Gasteiger partial charge in [0.15, 0.2) is 29.8 Å². The van der Waals surface area contributed by atoms with Crippen molar-refractivity contribution in [3.8, 4) is 11.5 Å². The number of aliphatic hydroxyl groups is 4. The molecule has 4 heterocycles. The molecule has 5 N–H and O–H groups in total. The molecule has 0 aromatic heterocycles. The van der Waals surface area contributed by atoms with Gasteiger partial charge in [-0.3, -0.25) is 9.59 Å². The molecule has 60 heavy (non-hydrogen) atoms. The van der Waals surface area contributed by atoms with Gasteiger partial charge >= 0.3 is 29.8 Å². The first-order valence-electron chi connectivity index (χ1n) is 18.7. The van der Waals surface area contributed by atoms with E-state index in [4.69, 9.17) is 47.4 Å². The van der Waals surface area contributed by atoms with Crippen molar-refractivity contribution in [2.75, 3.05) is 19.8 Å². The van der Waals surface area contributed by atoms with E-state index in [0.717, 1.165) is 19.9 Å². The number of rotatable bonds is 13. The molecule has 6 rings (SSSR count). The Morgan fingerprint density at radius 1 is 0.817 bits per heavy atom. The SMILES string of the molecule is C=C[C@H]1[C@H](O[C@@H]2O[C@@H](COC(C)=O)[C@@H](OC(=O)c3cccc(O[C@@H]4O[C@H](CO)[C@@H](O)[C@H](O)[C@H]4O)c3O)[C@H](OC(C)=O)[C@@H]2OC(=O)c2ccccc2)OC=C2C(=O)OCC[C@H]21. The largest absolute Gasteiger partial charge is 0.504 e. The number of aliphatic hydroxyl groups excluding tert-OH is 4. The van der Waals surface area contributed by atoms with Gasteiger partial charge < -0.3 is 72.9 Å². The first-order valence-corrected chi connectivity index (χ1v) is 18.7. The first kappa shape index (κ1) is 44.0. The van der Waals surface area contributed by atoms with E-state index in [0.29, 0.717) is 6.42 Å². The predicted molar refractivity (Wildman–Crippen MR) is 195 cm³/mol. The van der Waals surface area contributed by atoms with Crippen LogP contribution in [0.5, 0.6) is 11.5 Å². The Hall–Kier alpha value is -5.61. The molecular weight excluding hydrogens is 800 g/mol. The van der Waals surface area contributed by atoms with Gasteiger partial charge in [-0.05, 0) is 30.7 Å². The number of fused-ring (bicyclic) bond motifs is 1. The summed E-state index contributed by atoms with van der Waals surface area (Å²) in [5, 5.41) is 51.6. The van der Waals surface area contributed by atoms with Crippen molar-refractivity contribution in [1.82, 2.24) is 0 Å². The highest BCUT2D eigenvalue weighted by atomic mass is 16.8. The second-order valence-corrected chi connectivity index (χ2v) is 14.1. The molecule has 4 aliphatic rings. The Labute approximate surface area is 341 Å². The molecule has 20 nitrogen and oxygen atoms in total. The second kappa shape index (κ2) is 19.2. The summed E-state index contributed by atoms with van der Waals surface area (Å²) in [5.74, 6) is -7.07. The quantitative estimate of drug-likeness (QED) is 0.102. The van der Waals surface area contributed by atoms with E-state index in [1.54, 1.807) is 18.2 Å². The van der Waals surface area contributed by atoms with Crippen LogP contribution in [0.1, 0.15) is 41.0 Å². The zero-order chi connectivity index (χ0) is 43.2. The van der Waals surface area contributed by atoms with Crippen LogP contribution in [-0.2, 0) is 57.0 Å². The van der Waals surface area contributed by atoms with Crippen molar-refractivity contribution < 1.29 is 96.9 Å². The third-order valence-corrected chi connectivity index (χ3v) is 10.1. The fourth-order valence-electron chi connectivity index (χ4n) is 7.10. The lowest BCUT2D eigenvalue weighted by atomic mass is 9.81. The third-order valence-electron chi connectivity index (χ3n) is 10.1. The molecule has 0 aliphatic carbocycles. The van der Waals surface area contributed by atoms with Crippen molar-refractivity contribution >= 4 is 29.8 Å². The number of phenolic OH excluding ortho intramolecular Hbond substituents is 1. The van der Waals surface area contributed by atoms with Crippen LogP contribution in [0.4, 0.5) is 0 Å². The number of esters is 5. The van der Waals surface area contributed by atoms with Crippen LogP contribution in [-0.4, -0.2) is 143 Å². The highest BCUT2D eigenvalue weighted by Gasteiger charge is 2.55. The van der Waals surface area contributed by atoms with Crippen molar-refractivity contribution in [3.63, 3.8) is 0 Å². The summed E-state index contributed by atoms with van der Waals surface area (Å²) in [4.78, 5) is 65.0. The first-order chi connectivity index (χ1) is 28.7. The van der Waals surface area contributed by atoms with Gasteiger partial charge in [0.25, 0.3) is 0 Å². The summed E-state index contributed by atoms with van der Waals surface area (Å²) in [7, 11) is 0. The van der Waals surface area contributed by atoms with Crippen LogP contribution in [0.15, 0.2) is 73.0 Å². The molecule has 2 aromatic carbocycles. The number of ether oxygens (including phenoxy) is 10. The van der Waals surface area contributed by atoms with Gasteiger partial charge in [0, 0.05) is 25.7 Å². The lowest BCUT2D eigenvalue weighted by Gasteiger charge is -2.46. The molecule has 4 aliphatic heterocycles. The van der Waals surface area contributed by atoms with Crippen molar-refractivity contribution in [1.29, 1.82) is 0 Å². The van der Waals surface area contributed by atoms with Crippen LogP contribution in [0.2, 0.25) is 0 Å². The zero-order valence-electron chi connectivity index (χ0n) is 32.2. The number of aromatic hydroxyl groups is 1. The molecule has 3 fully saturated rings.